The van der Waals surface area contributed by atoms with Crippen LogP contribution >= 0.6 is 11.6 Å². The molecule has 7 nitrogen and oxygen atoms in total. The van der Waals surface area contributed by atoms with Gasteiger partial charge in [0, 0.05) is 29.6 Å². The van der Waals surface area contributed by atoms with Crippen LogP contribution in [0.5, 0.6) is 11.5 Å². The van der Waals surface area contributed by atoms with E-state index in [1.54, 1.807) is 65.7 Å². The highest BCUT2D eigenvalue weighted by Crippen LogP contribution is 2.34. The highest BCUT2D eigenvalue weighted by atomic mass is 35.5. The molecular formula is C23H20ClN3O4. The standard InChI is InChI=1S/C23H20ClN3O4/c24-17-4-7-19(8-5-17)30-12-2-11-27-20-13-18(6-9-21(20)31-15-22(27)28)26-23(29)16-3-1-10-25-14-16/h1,3-10,13-14H,2,11-12,15H2,(H,26,29). The Hall–Kier alpha value is -3.58. The van der Waals surface area contributed by atoms with Crippen molar-refractivity contribution in [3.63, 3.8) is 0 Å². The number of fused-ring (bicyclic) bond motifs is 1. The number of anilines is 2. The molecule has 31 heavy (non-hydrogen) atoms. The van der Waals surface area contributed by atoms with E-state index in [0.717, 1.165) is 5.75 Å². The molecule has 0 radical (unpaired) electrons. The van der Waals surface area contributed by atoms with E-state index in [1.807, 2.05) is 0 Å². The van der Waals surface area contributed by atoms with Crippen LogP contribution in [0.4, 0.5) is 11.4 Å². The fourth-order valence-electron chi connectivity index (χ4n) is 3.17. The van der Waals surface area contributed by atoms with Gasteiger partial charge in [0.1, 0.15) is 11.5 Å². The number of hydrogen-bond acceptors (Lipinski definition) is 5. The Bertz CT molecular complexity index is 1070. The maximum absolute atomic E-state index is 12.5. The second kappa shape index (κ2) is 9.49. The Morgan fingerprint density at radius 2 is 2.03 bits per heavy atom. The van der Waals surface area contributed by atoms with E-state index in [9.17, 15) is 9.59 Å². The fourth-order valence-corrected chi connectivity index (χ4v) is 3.29. The smallest absolute Gasteiger partial charge is 0.265 e. The Morgan fingerprint density at radius 3 is 2.81 bits per heavy atom. The quantitative estimate of drug-likeness (QED) is 0.561. The lowest BCUT2D eigenvalue weighted by Gasteiger charge is -2.30. The van der Waals surface area contributed by atoms with E-state index in [0.29, 0.717) is 47.3 Å². The molecule has 4 rings (SSSR count). The normalized spacial score (nSPS) is 12.7. The van der Waals surface area contributed by atoms with Gasteiger partial charge in [-0.05, 0) is 61.0 Å². The van der Waals surface area contributed by atoms with E-state index >= 15 is 0 Å². The molecule has 2 aromatic carbocycles. The van der Waals surface area contributed by atoms with Crippen molar-refractivity contribution in [1.82, 2.24) is 4.98 Å². The molecule has 8 heteroatoms. The summed E-state index contributed by atoms with van der Waals surface area (Å²) in [4.78, 5) is 30.5. The van der Waals surface area contributed by atoms with Crippen LogP contribution < -0.4 is 19.7 Å². The number of carbonyl (C=O) groups is 2. The van der Waals surface area contributed by atoms with Gasteiger partial charge >= 0.3 is 0 Å². The Kier molecular flexibility index (Phi) is 6.33. The van der Waals surface area contributed by atoms with Gasteiger partial charge in [-0.15, -0.1) is 0 Å². The third-order valence-electron chi connectivity index (χ3n) is 4.69. The fraction of sp³-hybridized carbons (Fsp3) is 0.174. The number of carbonyl (C=O) groups excluding carboxylic acids is 2. The first kappa shape index (κ1) is 20.7. The SMILES string of the molecule is O=C(Nc1ccc2c(c1)N(CCCOc1ccc(Cl)cc1)C(=O)CO2)c1cccnc1. The van der Waals surface area contributed by atoms with Crippen molar-refractivity contribution >= 4 is 34.8 Å². The van der Waals surface area contributed by atoms with Crippen LogP contribution in [0, 0.1) is 0 Å². The van der Waals surface area contributed by atoms with Gasteiger partial charge < -0.3 is 19.7 Å². The lowest BCUT2D eigenvalue weighted by Crippen LogP contribution is -2.39. The van der Waals surface area contributed by atoms with Gasteiger partial charge in [-0.1, -0.05) is 11.6 Å². The van der Waals surface area contributed by atoms with Crippen LogP contribution in [-0.4, -0.2) is 36.6 Å². The average molecular weight is 438 g/mol. The molecule has 1 aliphatic heterocycles. The van der Waals surface area contributed by atoms with Gasteiger partial charge in [0.25, 0.3) is 11.8 Å². The number of halogens is 1. The molecule has 3 aromatic rings. The minimum absolute atomic E-state index is 0.0214. The number of nitrogens with one attached hydrogen (secondary N) is 1. The van der Waals surface area contributed by atoms with Gasteiger partial charge in [-0.25, -0.2) is 0 Å². The number of hydrogen-bond donors (Lipinski definition) is 1. The van der Waals surface area contributed by atoms with Crippen molar-refractivity contribution in [3.05, 3.63) is 77.6 Å². The lowest BCUT2D eigenvalue weighted by molar-refractivity contribution is -0.121. The molecule has 158 valence electrons. The zero-order valence-electron chi connectivity index (χ0n) is 16.6. The van der Waals surface area contributed by atoms with E-state index < -0.39 is 0 Å². The molecule has 2 heterocycles. The topological polar surface area (TPSA) is 80.8 Å². The molecular weight excluding hydrogens is 418 g/mol. The van der Waals surface area contributed by atoms with Crippen LogP contribution in [0.25, 0.3) is 0 Å². The minimum atomic E-state index is -0.279. The highest BCUT2D eigenvalue weighted by molar-refractivity contribution is 6.30. The first-order valence-corrected chi connectivity index (χ1v) is 10.1. The van der Waals surface area contributed by atoms with E-state index in [-0.39, 0.29) is 18.4 Å². The van der Waals surface area contributed by atoms with Crippen LogP contribution in [0.1, 0.15) is 16.8 Å². The second-order valence-electron chi connectivity index (χ2n) is 6.87. The predicted octanol–water partition coefficient (Wildman–Crippen LogP) is 4.18. The van der Waals surface area contributed by atoms with Crippen LogP contribution in [0.3, 0.4) is 0 Å². The van der Waals surface area contributed by atoms with Gasteiger partial charge in [-0.3, -0.25) is 14.6 Å². The third kappa shape index (κ3) is 5.13. The summed E-state index contributed by atoms with van der Waals surface area (Å²) in [7, 11) is 0. The van der Waals surface area contributed by atoms with Crippen LogP contribution in [0.2, 0.25) is 5.02 Å². The van der Waals surface area contributed by atoms with Gasteiger partial charge in [0.05, 0.1) is 17.9 Å². The molecule has 0 saturated carbocycles. The van der Waals surface area contributed by atoms with E-state index in [2.05, 4.69) is 10.3 Å². The number of aromatic nitrogens is 1. The van der Waals surface area contributed by atoms with Crippen molar-refractivity contribution in [3.8, 4) is 11.5 Å². The number of rotatable bonds is 7. The molecule has 0 unspecified atom stereocenters. The minimum Gasteiger partial charge on any atom is -0.494 e. The van der Waals surface area contributed by atoms with Crippen molar-refractivity contribution in [1.29, 1.82) is 0 Å². The van der Waals surface area contributed by atoms with Crippen LogP contribution in [-0.2, 0) is 4.79 Å². The number of pyridine rings is 1. The average Bonchev–Trinajstić information content (AvgIpc) is 2.79. The van der Waals surface area contributed by atoms with Crippen LogP contribution in [0.15, 0.2) is 67.0 Å². The van der Waals surface area contributed by atoms with Crippen molar-refractivity contribution < 1.29 is 19.1 Å². The number of amides is 2. The lowest BCUT2D eigenvalue weighted by atomic mass is 10.2. The largest absolute Gasteiger partial charge is 0.494 e. The number of nitrogens with zero attached hydrogens (tertiary/aromatic N) is 2. The van der Waals surface area contributed by atoms with Gasteiger partial charge in [0.15, 0.2) is 6.61 Å². The van der Waals surface area contributed by atoms with E-state index in [1.165, 1.54) is 6.20 Å². The Labute approximate surface area is 184 Å². The second-order valence-corrected chi connectivity index (χ2v) is 7.30. The summed E-state index contributed by atoms with van der Waals surface area (Å²) in [5.74, 6) is 0.893. The van der Waals surface area contributed by atoms with Gasteiger partial charge in [-0.2, -0.15) is 0 Å². The molecule has 1 N–H and O–H groups in total. The summed E-state index contributed by atoms with van der Waals surface area (Å²) in [6, 6.07) is 15.7. The molecule has 0 atom stereocenters. The summed E-state index contributed by atoms with van der Waals surface area (Å²) < 4.78 is 11.2. The molecule has 2 amide bonds. The molecule has 1 aliphatic rings. The molecule has 0 spiro atoms. The first-order chi connectivity index (χ1) is 15.1. The summed E-state index contributed by atoms with van der Waals surface area (Å²) in [6.07, 6.45) is 3.72. The molecule has 1 aromatic heterocycles. The van der Waals surface area contributed by atoms with E-state index in [4.69, 9.17) is 21.1 Å². The zero-order chi connectivity index (χ0) is 21.6. The Morgan fingerprint density at radius 1 is 1.19 bits per heavy atom. The third-order valence-corrected chi connectivity index (χ3v) is 4.94. The summed E-state index contributed by atoms with van der Waals surface area (Å²) in [5.41, 5.74) is 1.63. The maximum atomic E-state index is 12.5. The summed E-state index contributed by atoms with van der Waals surface area (Å²) in [6.45, 7) is 0.883. The maximum Gasteiger partial charge on any atom is 0.265 e. The molecule has 0 bridgehead atoms. The predicted molar refractivity (Wildman–Crippen MR) is 118 cm³/mol. The molecule has 0 aliphatic carbocycles. The highest BCUT2D eigenvalue weighted by Gasteiger charge is 2.25. The van der Waals surface area contributed by atoms with Gasteiger partial charge in [0.2, 0.25) is 0 Å². The molecule has 0 fully saturated rings. The first-order valence-electron chi connectivity index (χ1n) is 9.77. The zero-order valence-corrected chi connectivity index (χ0v) is 17.3. The van der Waals surface area contributed by atoms with Crippen molar-refractivity contribution in [2.45, 2.75) is 6.42 Å². The number of benzene rings is 2. The molecule has 0 saturated heterocycles. The monoisotopic (exact) mass is 437 g/mol. The Balaban J connectivity index is 1.41. The van der Waals surface area contributed by atoms with Crippen molar-refractivity contribution in [2.75, 3.05) is 30.0 Å². The van der Waals surface area contributed by atoms with Crippen molar-refractivity contribution in [2.24, 2.45) is 0 Å². The summed E-state index contributed by atoms with van der Waals surface area (Å²) in [5, 5.41) is 3.48. The summed E-state index contributed by atoms with van der Waals surface area (Å²) >= 11 is 5.88. The number of ether oxygens (including phenoxy) is 2.